The standard InChI is InChI=1S/C59H44BN5O.Pt/c1-40-36-48(41-18-6-5-7-19-41)58(49(37-40)42-32-34-43(35-33-42)59(2,3)4)63-39-62(52-26-12-13-27-53(52)63)44-20-16-21-45(38-44)66-57-31-17-30-56(61-57)65-55-29-15-14-28-54(55)64-51-25-11-9-23-47(51)46-22-8-10-24-50(46)60(64)65;/h5-28,30-37H,1-4H3;/q-2;/i1D3,5D,6D,7D,18D,19D;. The zero-order chi connectivity index (χ0) is 52.2. The van der Waals surface area contributed by atoms with Gasteiger partial charge in [-0.05, 0) is 11.6 Å². The number of aromatic nitrogens is 3. The van der Waals surface area contributed by atoms with E-state index in [2.05, 4.69) is 116 Å². The number of anilines is 4. The van der Waals surface area contributed by atoms with Crippen molar-refractivity contribution in [1.29, 1.82) is 0 Å². The average molecular weight is 1050 g/mol. The fourth-order valence-corrected chi connectivity index (χ4v) is 10.6. The molecule has 8 heteroatoms. The first kappa shape index (κ1) is 33.1. The van der Waals surface area contributed by atoms with Crippen LogP contribution in [0, 0.1) is 22.8 Å². The summed E-state index contributed by atoms with van der Waals surface area (Å²) in [6, 6.07) is 57.6. The molecular weight excluding hydrogens is 1000 g/mol. The van der Waals surface area contributed by atoms with Gasteiger partial charge in [-0.15, -0.1) is 6.07 Å². The van der Waals surface area contributed by atoms with Gasteiger partial charge in [-0.2, -0.15) is 12.1 Å². The van der Waals surface area contributed by atoms with Crippen LogP contribution in [0.3, 0.4) is 0 Å². The number of nitrogens with zero attached hydrogens (tertiary/aromatic N) is 5. The van der Waals surface area contributed by atoms with Gasteiger partial charge in [0.05, 0.1) is 0 Å². The Kier molecular flexibility index (Phi) is 7.97. The number of aryl methyl sites for hydroxylation is 1. The van der Waals surface area contributed by atoms with E-state index in [-0.39, 0.29) is 29.1 Å². The van der Waals surface area contributed by atoms with E-state index in [9.17, 15) is 2.74 Å². The molecule has 0 bridgehead atoms. The van der Waals surface area contributed by atoms with Crippen molar-refractivity contribution in [1.82, 2.24) is 14.1 Å². The van der Waals surface area contributed by atoms with E-state index in [1.165, 1.54) is 6.07 Å². The number of ether oxygens (including phenoxy) is 1. The fraction of sp³-hybridized carbons (Fsp3) is 0.0847. The number of pyridine rings is 1. The molecule has 0 fully saturated rings. The summed E-state index contributed by atoms with van der Waals surface area (Å²) in [5.41, 5.74) is 11.0. The minimum atomic E-state index is -2.62. The van der Waals surface area contributed by atoms with Crippen molar-refractivity contribution < 1.29 is 35.1 Å². The number of rotatable bonds is 7. The zero-order valence-corrected chi connectivity index (χ0v) is 38.9. The van der Waals surface area contributed by atoms with Crippen molar-refractivity contribution in [3.8, 4) is 56.4 Å². The zero-order valence-electron chi connectivity index (χ0n) is 44.6. The molecule has 0 saturated heterocycles. The van der Waals surface area contributed by atoms with E-state index in [1.54, 1.807) is 6.07 Å². The van der Waals surface area contributed by atoms with Gasteiger partial charge >= 0.3 is 332 Å². The van der Waals surface area contributed by atoms with Gasteiger partial charge in [0.1, 0.15) is 0 Å². The van der Waals surface area contributed by atoms with Crippen molar-refractivity contribution in [2.45, 2.75) is 33.0 Å². The fourth-order valence-electron chi connectivity index (χ4n) is 9.54. The van der Waals surface area contributed by atoms with Crippen LogP contribution in [-0.2, 0) is 24.8 Å². The summed E-state index contributed by atoms with van der Waals surface area (Å²) in [5.74, 6) is 1.42. The second-order valence-corrected chi connectivity index (χ2v) is 18.6. The predicted molar refractivity (Wildman–Crippen MR) is 270 cm³/mol. The van der Waals surface area contributed by atoms with Crippen LogP contribution < -0.4 is 19.8 Å². The monoisotopic (exact) mass is 1050 g/mol. The van der Waals surface area contributed by atoms with Crippen molar-refractivity contribution in [3.05, 3.63) is 221 Å². The third kappa shape index (κ3) is 6.91. The number of para-hydroxylation sites is 4. The van der Waals surface area contributed by atoms with Crippen LogP contribution in [0.25, 0.3) is 55.8 Å². The van der Waals surface area contributed by atoms with Crippen LogP contribution in [0.15, 0.2) is 194 Å². The number of fused-ring (bicyclic) bond motifs is 9. The van der Waals surface area contributed by atoms with Crippen molar-refractivity contribution in [3.63, 3.8) is 0 Å². The van der Waals surface area contributed by atoms with Gasteiger partial charge in [0.15, 0.2) is 0 Å². The third-order valence-electron chi connectivity index (χ3n) is 12.5. The molecule has 0 spiro atoms. The summed E-state index contributed by atoms with van der Waals surface area (Å²) in [4.78, 5) is 9.71. The Morgan fingerprint density at radius 1 is 0.657 bits per heavy atom. The Balaban J connectivity index is 1.01. The van der Waals surface area contributed by atoms with E-state index >= 15 is 0 Å². The summed E-state index contributed by atoms with van der Waals surface area (Å²) in [7, 11) is 0. The Bertz CT molecular complexity index is 4010. The van der Waals surface area contributed by atoms with Crippen molar-refractivity contribution >= 4 is 46.4 Å². The van der Waals surface area contributed by atoms with Crippen molar-refractivity contribution in [2.75, 3.05) is 9.62 Å². The molecule has 2 aliphatic rings. The molecule has 0 aliphatic carbocycles. The van der Waals surface area contributed by atoms with Gasteiger partial charge < -0.3 is 0 Å². The molecule has 4 heterocycles. The molecular formula is C59H44BN5OPt-2. The Labute approximate surface area is 413 Å². The normalized spacial score (nSPS) is 14.7. The number of hydrogen-bond acceptors (Lipinski definition) is 4. The molecule has 0 amide bonds. The molecule has 10 aromatic rings. The summed E-state index contributed by atoms with van der Waals surface area (Å²) >= 11 is 2.23. The Hall–Kier alpha value is -7.47. The summed E-state index contributed by atoms with van der Waals surface area (Å²) in [6.07, 6.45) is 0. The predicted octanol–water partition coefficient (Wildman–Crippen LogP) is 13.9. The average Bonchev–Trinajstić information content (AvgIpc) is 3.98. The number of hydrogen-bond donors (Lipinski definition) is 0. The number of benzene rings is 8. The molecule has 8 aromatic carbocycles. The SMILES string of the molecule is [2H]c1c([2H])c([2H])c(-c2cc(C([2H])([2H])[2H])cc(-c3ccc(C(C)(C)C)cc3)c2-n2[c](=[Pt])n(-c3[c-]c(Oc4cccc(N5B6c7ccccc7-c7ccccc7N6c6ccc[c-]c65)n4)ccc3)c3ccccc32)c([2H])c1[2H]. The number of imidazole rings is 1. The van der Waals surface area contributed by atoms with Crippen LogP contribution in [0.2, 0.25) is 0 Å². The molecule has 6 nitrogen and oxygen atoms in total. The molecule has 67 heavy (non-hydrogen) atoms. The first-order valence-corrected chi connectivity index (χ1v) is 23.1. The van der Waals surface area contributed by atoms with Crippen molar-refractivity contribution in [2.24, 2.45) is 0 Å². The Morgan fingerprint density at radius 2 is 1.36 bits per heavy atom. The molecule has 12 rings (SSSR count). The molecule has 0 saturated carbocycles. The first-order valence-electron chi connectivity index (χ1n) is 26.0. The molecule has 0 N–H and O–H groups in total. The van der Waals surface area contributed by atoms with E-state index < -0.39 is 37.1 Å². The molecule has 0 unspecified atom stereocenters. The summed E-state index contributed by atoms with van der Waals surface area (Å²) < 4.78 is 81.6. The van der Waals surface area contributed by atoms with Crippen LogP contribution in [0.1, 0.15) is 42.9 Å². The molecule has 326 valence electrons. The second kappa shape index (κ2) is 16.1. The first-order chi connectivity index (χ1) is 36.0. The van der Waals surface area contributed by atoms with E-state index in [1.807, 2.05) is 106 Å². The minimum absolute atomic E-state index is 0.0448. The van der Waals surface area contributed by atoms with Gasteiger partial charge in [0, 0.05) is 11.3 Å². The topological polar surface area (TPSA) is 38.5 Å². The van der Waals surface area contributed by atoms with Gasteiger partial charge in [0.2, 0.25) is 0 Å². The van der Waals surface area contributed by atoms with E-state index in [0.717, 1.165) is 44.7 Å². The van der Waals surface area contributed by atoms with E-state index in [4.69, 9.17) is 17.9 Å². The second-order valence-electron chi connectivity index (χ2n) is 17.6. The molecule has 2 aliphatic heterocycles. The van der Waals surface area contributed by atoms with Gasteiger partial charge in [-0.3, -0.25) is 0 Å². The van der Waals surface area contributed by atoms with E-state index in [0.29, 0.717) is 49.3 Å². The molecule has 2 aromatic heterocycles. The molecule has 0 radical (unpaired) electrons. The van der Waals surface area contributed by atoms with Crippen LogP contribution in [-0.4, -0.2) is 21.1 Å². The quantitative estimate of drug-likeness (QED) is 0.118. The van der Waals surface area contributed by atoms with Crippen LogP contribution in [0.5, 0.6) is 11.6 Å². The van der Waals surface area contributed by atoms with Gasteiger partial charge in [-0.25, -0.2) is 0 Å². The third-order valence-corrected chi connectivity index (χ3v) is 13.5. The van der Waals surface area contributed by atoms with Gasteiger partial charge in [-0.1, -0.05) is 42.5 Å². The van der Waals surface area contributed by atoms with Crippen LogP contribution in [0.4, 0.5) is 22.9 Å². The maximum atomic E-state index is 9.23. The summed E-state index contributed by atoms with van der Waals surface area (Å²) in [6.45, 7) is 3.48. The maximum absolute atomic E-state index is 9.23. The van der Waals surface area contributed by atoms with Gasteiger partial charge in [0.25, 0.3) is 0 Å². The molecule has 0 atom stereocenters. The Morgan fingerprint density at radius 3 is 2.15 bits per heavy atom. The van der Waals surface area contributed by atoms with Crippen LogP contribution >= 0.6 is 0 Å². The summed E-state index contributed by atoms with van der Waals surface area (Å²) in [5, 5.41) is 0.